The number of benzene rings is 2. The highest BCUT2D eigenvalue weighted by atomic mass is 16.2. The lowest BCUT2D eigenvalue weighted by atomic mass is 9.81. The molecule has 0 unspecified atom stereocenters. The second-order valence-electron chi connectivity index (χ2n) is 12.3. The first kappa shape index (κ1) is 28.0. The normalized spacial score (nSPS) is 19.5. The summed E-state index contributed by atoms with van der Waals surface area (Å²) in [5.41, 5.74) is 11.5. The van der Waals surface area contributed by atoms with Crippen LogP contribution in [-0.2, 0) is 15.1 Å². The Bertz CT molecular complexity index is 1320. The molecule has 2 amide bonds. The predicted molar refractivity (Wildman–Crippen MR) is 161 cm³/mol. The van der Waals surface area contributed by atoms with Crippen molar-refractivity contribution in [2.75, 3.05) is 12.4 Å². The molecule has 2 aliphatic carbocycles. The van der Waals surface area contributed by atoms with Gasteiger partial charge in [-0.1, -0.05) is 61.0 Å². The van der Waals surface area contributed by atoms with E-state index in [0.29, 0.717) is 30.0 Å². The molecule has 0 bridgehead atoms. The number of anilines is 1. The summed E-state index contributed by atoms with van der Waals surface area (Å²) < 4.78 is 0. The molecule has 5 rings (SSSR count). The molecule has 210 valence electrons. The SMILES string of the molecule is CN(C(=O)C1CCC1)[C@H]1CC[C@H](CC(=O)Nc2cnc(-c3ccc(C(C)(C)N)cc3)c(-c3ccccc3)c2)CC1. The van der Waals surface area contributed by atoms with Gasteiger partial charge in [-0.25, -0.2) is 0 Å². The molecule has 3 N–H and O–H groups in total. The van der Waals surface area contributed by atoms with E-state index < -0.39 is 5.54 Å². The quantitative estimate of drug-likeness (QED) is 0.332. The molecule has 3 aromatic rings. The summed E-state index contributed by atoms with van der Waals surface area (Å²) in [6.45, 7) is 3.99. The van der Waals surface area contributed by atoms with Gasteiger partial charge in [0.1, 0.15) is 0 Å². The summed E-state index contributed by atoms with van der Waals surface area (Å²) in [5, 5.41) is 3.11. The van der Waals surface area contributed by atoms with Gasteiger partial charge in [-0.3, -0.25) is 14.6 Å². The Morgan fingerprint density at radius 3 is 2.23 bits per heavy atom. The van der Waals surface area contributed by atoms with Crippen LogP contribution in [0.2, 0.25) is 0 Å². The van der Waals surface area contributed by atoms with Gasteiger partial charge in [-0.05, 0) is 75.5 Å². The molecule has 0 spiro atoms. The number of nitrogens with one attached hydrogen (secondary N) is 1. The molecule has 2 aromatic carbocycles. The number of aromatic nitrogens is 1. The predicted octanol–water partition coefficient (Wildman–Crippen LogP) is 6.76. The second kappa shape index (κ2) is 11.9. The maximum absolute atomic E-state index is 13.1. The van der Waals surface area contributed by atoms with Crippen LogP contribution >= 0.6 is 0 Å². The van der Waals surface area contributed by atoms with Gasteiger partial charge in [0, 0.05) is 42.1 Å². The van der Waals surface area contributed by atoms with Gasteiger partial charge in [-0.15, -0.1) is 0 Å². The van der Waals surface area contributed by atoms with E-state index in [1.165, 1.54) is 6.42 Å². The van der Waals surface area contributed by atoms with Gasteiger partial charge in [0.25, 0.3) is 0 Å². The van der Waals surface area contributed by atoms with Crippen LogP contribution in [0.25, 0.3) is 22.4 Å². The zero-order valence-electron chi connectivity index (χ0n) is 24.0. The van der Waals surface area contributed by atoms with Crippen molar-refractivity contribution in [3.63, 3.8) is 0 Å². The maximum atomic E-state index is 13.1. The Hall–Kier alpha value is -3.51. The molecule has 1 heterocycles. The van der Waals surface area contributed by atoms with Gasteiger partial charge in [0.15, 0.2) is 0 Å². The number of rotatable bonds is 8. The van der Waals surface area contributed by atoms with Crippen molar-refractivity contribution in [1.29, 1.82) is 0 Å². The minimum atomic E-state index is -0.412. The molecule has 6 nitrogen and oxygen atoms in total. The average molecular weight is 539 g/mol. The zero-order valence-corrected chi connectivity index (χ0v) is 24.0. The fourth-order valence-electron chi connectivity index (χ4n) is 5.99. The van der Waals surface area contributed by atoms with Gasteiger partial charge < -0.3 is 16.0 Å². The van der Waals surface area contributed by atoms with E-state index in [-0.39, 0.29) is 11.8 Å². The Balaban J connectivity index is 1.25. The highest BCUT2D eigenvalue weighted by Gasteiger charge is 2.33. The summed E-state index contributed by atoms with van der Waals surface area (Å²) >= 11 is 0. The average Bonchev–Trinajstić information content (AvgIpc) is 2.92. The molecule has 0 radical (unpaired) electrons. The molecule has 6 heteroatoms. The third-order valence-electron chi connectivity index (χ3n) is 8.80. The fourth-order valence-corrected chi connectivity index (χ4v) is 5.99. The summed E-state index contributed by atoms with van der Waals surface area (Å²) in [5.74, 6) is 0.920. The highest BCUT2D eigenvalue weighted by Crippen LogP contribution is 2.35. The Morgan fingerprint density at radius 2 is 1.62 bits per heavy atom. The molecule has 0 atom stereocenters. The van der Waals surface area contributed by atoms with Crippen LogP contribution in [-0.4, -0.2) is 34.8 Å². The van der Waals surface area contributed by atoms with E-state index in [4.69, 9.17) is 10.7 Å². The van der Waals surface area contributed by atoms with Crippen LogP contribution in [0.15, 0.2) is 66.9 Å². The molecule has 2 aliphatic rings. The maximum Gasteiger partial charge on any atom is 0.225 e. The van der Waals surface area contributed by atoms with Crippen molar-refractivity contribution < 1.29 is 9.59 Å². The standard InChI is InChI=1S/C34H42N4O2/c1-34(2,35)27-16-14-25(15-17-27)32-30(24-8-5-4-6-9-24)21-28(22-36-32)37-31(39)20-23-12-18-29(19-13-23)38(3)33(40)26-10-7-11-26/h4-6,8-9,14-17,21-23,26,29H,7,10-13,18-20,35H2,1-3H3,(H,37,39)/t23-,29-. The van der Waals surface area contributed by atoms with Crippen LogP contribution in [0.5, 0.6) is 0 Å². The Kier molecular flexibility index (Phi) is 8.36. The van der Waals surface area contributed by atoms with Crippen molar-refractivity contribution in [1.82, 2.24) is 9.88 Å². The molecule has 40 heavy (non-hydrogen) atoms. The minimum Gasteiger partial charge on any atom is -0.343 e. The summed E-state index contributed by atoms with van der Waals surface area (Å²) in [6, 6.07) is 20.7. The summed E-state index contributed by atoms with van der Waals surface area (Å²) in [6.07, 6.45) is 9.40. The molecular formula is C34H42N4O2. The van der Waals surface area contributed by atoms with Crippen LogP contribution < -0.4 is 11.1 Å². The Morgan fingerprint density at radius 1 is 0.950 bits per heavy atom. The van der Waals surface area contributed by atoms with E-state index in [1.54, 1.807) is 6.20 Å². The topological polar surface area (TPSA) is 88.3 Å². The lowest BCUT2D eigenvalue weighted by Gasteiger charge is -2.38. The van der Waals surface area contributed by atoms with Crippen LogP contribution in [0, 0.1) is 11.8 Å². The lowest BCUT2D eigenvalue weighted by molar-refractivity contribution is -0.139. The molecular weight excluding hydrogens is 496 g/mol. The van der Waals surface area contributed by atoms with E-state index in [1.807, 2.05) is 50.1 Å². The third kappa shape index (κ3) is 6.44. The van der Waals surface area contributed by atoms with Crippen molar-refractivity contribution in [2.45, 2.75) is 76.8 Å². The second-order valence-corrected chi connectivity index (χ2v) is 12.3. The molecule has 2 fully saturated rings. The lowest BCUT2D eigenvalue weighted by Crippen LogP contribution is -2.44. The van der Waals surface area contributed by atoms with E-state index in [2.05, 4.69) is 41.7 Å². The number of carbonyl (C=O) groups excluding carboxylic acids is 2. The largest absolute Gasteiger partial charge is 0.343 e. The fraction of sp³-hybridized carbons (Fsp3) is 0.441. The number of amides is 2. The molecule has 0 saturated heterocycles. The van der Waals surface area contributed by atoms with Crippen LogP contribution in [0.4, 0.5) is 5.69 Å². The van der Waals surface area contributed by atoms with Crippen LogP contribution in [0.3, 0.4) is 0 Å². The number of nitrogens with two attached hydrogens (primary N) is 1. The van der Waals surface area contributed by atoms with E-state index in [0.717, 1.165) is 66.5 Å². The highest BCUT2D eigenvalue weighted by molar-refractivity contribution is 5.93. The first-order chi connectivity index (χ1) is 19.2. The van der Waals surface area contributed by atoms with Gasteiger partial charge in [-0.2, -0.15) is 0 Å². The van der Waals surface area contributed by atoms with E-state index in [9.17, 15) is 9.59 Å². The third-order valence-corrected chi connectivity index (χ3v) is 8.80. The van der Waals surface area contributed by atoms with Crippen molar-refractivity contribution in [3.05, 3.63) is 72.4 Å². The first-order valence-electron chi connectivity index (χ1n) is 14.7. The summed E-state index contributed by atoms with van der Waals surface area (Å²) in [7, 11) is 1.96. The zero-order chi connectivity index (χ0) is 28.3. The number of carbonyl (C=O) groups is 2. The molecule has 0 aliphatic heterocycles. The van der Waals surface area contributed by atoms with Crippen molar-refractivity contribution in [3.8, 4) is 22.4 Å². The number of hydrogen-bond acceptors (Lipinski definition) is 4. The van der Waals surface area contributed by atoms with Crippen molar-refractivity contribution in [2.24, 2.45) is 17.6 Å². The van der Waals surface area contributed by atoms with E-state index >= 15 is 0 Å². The molecule has 1 aromatic heterocycles. The summed E-state index contributed by atoms with van der Waals surface area (Å²) in [4.78, 5) is 32.5. The number of nitrogens with zero attached hydrogens (tertiary/aromatic N) is 2. The minimum absolute atomic E-state index is 0.0189. The monoisotopic (exact) mass is 538 g/mol. The van der Waals surface area contributed by atoms with Gasteiger partial charge in [0.2, 0.25) is 11.8 Å². The Labute approximate surface area is 238 Å². The van der Waals surface area contributed by atoms with Crippen LogP contribution in [0.1, 0.15) is 70.8 Å². The van der Waals surface area contributed by atoms with Crippen molar-refractivity contribution >= 4 is 17.5 Å². The smallest absolute Gasteiger partial charge is 0.225 e. The van der Waals surface area contributed by atoms with Gasteiger partial charge in [0.05, 0.1) is 17.6 Å². The first-order valence-corrected chi connectivity index (χ1v) is 14.7. The number of hydrogen-bond donors (Lipinski definition) is 2. The molecule has 2 saturated carbocycles. The number of pyridine rings is 1. The van der Waals surface area contributed by atoms with Gasteiger partial charge >= 0.3 is 0 Å².